The molecule has 0 atom stereocenters. The van der Waals surface area contributed by atoms with Crippen molar-refractivity contribution in [1.29, 1.82) is 0 Å². The molecular weight excluding hydrogens is 232 g/mol. The minimum Gasteiger partial charge on any atom is -0.329 e. The SMILES string of the molecule is CCCC(CN)(CCC)N1CCC(C(C)(C)C)CC1. The normalized spacial score (nSPS) is 19.9. The molecule has 114 valence electrons. The van der Waals surface area contributed by atoms with Gasteiger partial charge in [-0.2, -0.15) is 0 Å². The Labute approximate surface area is 121 Å². The van der Waals surface area contributed by atoms with Gasteiger partial charge in [0.1, 0.15) is 0 Å². The van der Waals surface area contributed by atoms with Crippen molar-refractivity contribution in [3.05, 3.63) is 0 Å². The zero-order valence-electron chi connectivity index (χ0n) is 14.0. The Hall–Kier alpha value is -0.0800. The lowest BCUT2D eigenvalue weighted by Crippen LogP contribution is -2.56. The summed E-state index contributed by atoms with van der Waals surface area (Å²) in [4.78, 5) is 2.72. The van der Waals surface area contributed by atoms with Crippen LogP contribution in [0.2, 0.25) is 0 Å². The van der Waals surface area contributed by atoms with Crippen molar-refractivity contribution in [2.75, 3.05) is 19.6 Å². The topological polar surface area (TPSA) is 29.3 Å². The second kappa shape index (κ2) is 7.08. The number of piperidine rings is 1. The first-order chi connectivity index (χ1) is 8.89. The Morgan fingerprint density at radius 1 is 1.00 bits per heavy atom. The lowest BCUT2D eigenvalue weighted by molar-refractivity contribution is 0.0184. The number of hydrogen-bond acceptors (Lipinski definition) is 2. The number of rotatable bonds is 6. The molecule has 0 aromatic rings. The Kier molecular flexibility index (Phi) is 6.32. The summed E-state index contributed by atoms with van der Waals surface area (Å²) in [6.07, 6.45) is 7.71. The Morgan fingerprint density at radius 2 is 1.47 bits per heavy atom. The summed E-state index contributed by atoms with van der Waals surface area (Å²) in [6, 6.07) is 0. The third kappa shape index (κ3) is 4.19. The van der Waals surface area contributed by atoms with E-state index in [2.05, 4.69) is 39.5 Å². The highest BCUT2D eigenvalue weighted by Crippen LogP contribution is 2.37. The summed E-state index contributed by atoms with van der Waals surface area (Å²) in [5.41, 5.74) is 6.94. The maximum atomic E-state index is 6.19. The monoisotopic (exact) mass is 268 g/mol. The van der Waals surface area contributed by atoms with Crippen LogP contribution < -0.4 is 5.73 Å². The van der Waals surface area contributed by atoms with Gasteiger partial charge in [0, 0.05) is 12.1 Å². The molecule has 0 aromatic carbocycles. The van der Waals surface area contributed by atoms with Gasteiger partial charge >= 0.3 is 0 Å². The van der Waals surface area contributed by atoms with Gasteiger partial charge in [0.25, 0.3) is 0 Å². The molecule has 19 heavy (non-hydrogen) atoms. The zero-order chi connectivity index (χ0) is 14.5. The fourth-order valence-electron chi connectivity index (χ4n) is 3.93. The summed E-state index contributed by atoms with van der Waals surface area (Å²) >= 11 is 0. The van der Waals surface area contributed by atoms with Gasteiger partial charge in [0.2, 0.25) is 0 Å². The van der Waals surface area contributed by atoms with Crippen molar-refractivity contribution in [3.8, 4) is 0 Å². The third-order valence-electron chi connectivity index (χ3n) is 5.20. The van der Waals surface area contributed by atoms with Crippen molar-refractivity contribution in [1.82, 2.24) is 4.90 Å². The van der Waals surface area contributed by atoms with Gasteiger partial charge in [0.05, 0.1) is 0 Å². The van der Waals surface area contributed by atoms with E-state index in [-0.39, 0.29) is 5.54 Å². The van der Waals surface area contributed by atoms with Crippen LogP contribution in [0.15, 0.2) is 0 Å². The van der Waals surface area contributed by atoms with Gasteiger partial charge in [-0.3, -0.25) is 4.90 Å². The quantitative estimate of drug-likeness (QED) is 0.787. The van der Waals surface area contributed by atoms with Crippen LogP contribution in [-0.4, -0.2) is 30.1 Å². The summed E-state index contributed by atoms with van der Waals surface area (Å²) in [6.45, 7) is 15.1. The molecule has 0 bridgehead atoms. The van der Waals surface area contributed by atoms with E-state index >= 15 is 0 Å². The van der Waals surface area contributed by atoms with Crippen molar-refractivity contribution in [2.45, 2.75) is 78.7 Å². The number of nitrogens with two attached hydrogens (primary N) is 1. The maximum Gasteiger partial charge on any atom is 0.0331 e. The molecule has 2 N–H and O–H groups in total. The highest BCUT2D eigenvalue weighted by Gasteiger charge is 2.38. The molecule has 1 rings (SSSR count). The van der Waals surface area contributed by atoms with Gasteiger partial charge in [-0.15, -0.1) is 0 Å². The Bertz CT molecular complexity index is 240. The third-order valence-corrected chi connectivity index (χ3v) is 5.20. The molecule has 0 unspecified atom stereocenters. The van der Waals surface area contributed by atoms with Crippen LogP contribution in [-0.2, 0) is 0 Å². The Balaban J connectivity index is 2.68. The fourth-order valence-corrected chi connectivity index (χ4v) is 3.93. The predicted octanol–water partition coefficient (Wildman–Crippen LogP) is 4.04. The molecule has 0 saturated carbocycles. The first-order valence-corrected chi connectivity index (χ1v) is 8.34. The van der Waals surface area contributed by atoms with Crippen LogP contribution in [0.25, 0.3) is 0 Å². The lowest BCUT2D eigenvalue weighted by Gasteiger charge is -2.49. The van der Waals surface area contributed by atoms with E-state index in [0.717, 1.165) is 12.5 Å². The molecule has 1 heterocycles. The van der Waals surface area contributed by atoms with Crippen molar-refractivity contribution in [3.63, 3.8) is 0 Å². The molecule has 0 amide bonds. The number of hydrogen-bond donors (Lipinski definition) is 1. The van der Waals surface area contributed by atoms with E-state index in [4.69, 9.17) is 5.73 Å². The molecule has 1 saturated heterocycles. The molecular formula is C17H36N2. The standard InChI is InChI=1S/C17H36N2/c1-6-10-17(14-18,11-7-2)19-12-8-15(9-13-19)16(3,4)5/h15H,6-14,18H2,1-5H3. The van der Waals surface area contributed by atoms with Crippen LogP contribution in [0.5, 0.6) is 0 Å². The predicted molar refractivity (Wildman–Crippen MR) is 85.4 cm³/mol. The average Bonchev–Trinajstić information content (AvgIpc) is 2.37. The van der Waals surface area contributed by atoms with Crippen LogP contribution in [0.4, 0.5) is 0 Å². The lowest BCUT2D eigenvalue weighted by atomic mass is 9.74. The van der Waals surface area contributed by atoms with E-state index in [1.54, 1.807) is 0 Å². The average molecular weight is 268 g/mol. The van der Waals surface area contributed by atoms with Gasteiger partial charge in [-0.05, 0) is 50.1 Å². The molecule has 0 aromatic heterocycles. The number of likely N-dealkylation sites (tertiary alicyclic amines) is 1. The van der Waals surface area contributed by atoms with Crippen LogP contribution in [0, 0.1) is 11.3 Å². The number of nitrogens with zero attached hydrogens (tertiary/aromatic N) is 1. The highest BCUT2D eigenvalue weighted by atomic mass is 15.2. The molecule has 0 aliphatic carbocycles. The molecule has 2 heteroatoms. The molecule has 0 spiro atoms. The van der Waals surface area contributed by atoms with E-state index in [1.165, 1.54) is 51.6 Å². The zero-order valence-corrected chi connectivity index (χ0v) is 14.0. The van der Waals surface area contributed by atoms with Gasteiger partial charge in [-0.1, -0.05) is 47.5 Å². The summed E-state index contributed by atoms with van der Waals surface area (Å²) in [5, 5.41) is 0. The van der Waals surface area contributed by atoms with Crippen molar-refractivity contribution < 1.29 is 0 Å². The Morgan fingerprint density at radius 3 is 1.79 bits per heavy atom. The molecule has 1 aliphatic rings. The van der Waals surface area contributed by atoms with Crippen molar-refractivity contribution in [2.24, 2.45) is 17.1 Å². The van der Waals surface area contributed by atoms with Crippen LogP contribution in [0.3, 0.4) is 0 Å². The molecule has 2 nitrogen and oxygen atoms in total. The van der Waals surface area contributed by atoms with E-state index < -0.39 is 0 Å². The summed E-state index contributed by atoms with van der Waals surface area (Å²) in [7, 11) is 0. The van der Waals surface area contributed by atoms with Gasteiger partial charge < -0.3 is 5.73 Å². The second-order valence-electron chi connectivity index (χ2n) is 7.56. The van der Waals surface area contributed by atoms with E-state index in [9.17, 15) is 0 Å². The fraction of sp³-hybridized carbons (Fsp3) is 1.00. The first kappa shape index (κ1) is 17.0. The van der Waals surface area contributed by atoms with Crippen LogP contribution in [0.1, 0.15) is 73.1 Å². The smallest absolute Gasteiger partial charge is 0.0331 e. The largest absolute Gasteiger partial charge is 0.329 e. The first-order valence-electron chi connectivity index (χ1n) is 8.34. The molecule has 1 aliphatic heterocycles. The molecule has 0 radical (unpaired) electrons. The maximum absolute atomic E-state index is 6.19. The summed E-state index contributed by atoms with van der Waals surface area (Å²) < 4.78 is 0. The molecule has 1 fully saturated rings. The summed E-state index contributed by atoms with van der Waals surface area (Å²) in [5.74, 6) is 0.877. The van der Waals surface area contributed by atoms with Crippen LogP contribution >= 0.6 is 0 Å². The van der Waals surface area contributed by atoms with E-state index in [1.807, 2.05) is 0 Å². The second-order valence-corrected chi connectivity index (χ2v) is 7.56. The van der Waals surface area contributed by atoms with Gasteiger partial charge in [0.15, 0.2) is 0 Å². The minimum absolute atomic E-state index is 0.284. The van der Waals surface area contributed by atoms with E-state index in [0.29, 0.717) is 5.41 Å². The minimum atomic E-state index is 0.284. The van der Waals surface area contributed by atoms with Crippen molar-refractivity contribution >= 4 is 0 Å². The van der Waals surface area contributed by atoms with Gasteiger partial charge in [-0.25, -0.2) is 0 Å². The highest BCUT2D eigenvalue weighted by molar-refractivity contribution is 4.94.